The van der Waals surface area contributed by atoms with Crippen LogP contribution in [0.1, 0.15) is 48.5 Å². The Morgan fingerprint density at radius 2 is 1.43 bits per heavy atom. The minimum absolute atomic E-state index is 0.242. The summed E-state index contributed by atoms with van der Waals surface area (Å²) in [7, 11) is 0. The molecule has 82 valence electrons. The molecule has 0 amide bonds. The molecule has 0 saturated heterocycles. The SMILES string of the molecule is CC.C\C=C/C=C(\C=C/C)C(C)(C)C. The van der Waals surface area contributed by atoms with Crippen LogP contribution in [0.5, 0.6) is 0 Å². The zero-order valence-corrected chi connectivity index (χ0v) is 10.9. The molecule has 0 aliphatic carbocycles. The van der Waals surface area contributed by atoms with Gasteiger partial charge in [0.2, 0.25) is 0 Å². The van der Waals surface area contributed by atoms with Crippen molar-refractivity contribution in [3.05, 3.63) is 36.0 Å². The smallest absolute Gasteiger partial charge is 0.0132 e. The molecular formula is C14H26. The summed E-state index contributed by atoms with van der Waals surface area (Å²) in [5.41, 5.74) is 1.61. The lowest BCUT2D eigenvalue weighted by Crippen LogP contribution is -2.06. The van der Waals surface area contributed by atoms with E-state index in [1.165, 1.54) is 5.57 Å². The highest BCUT2D eigenvalue weighted by atomic mass is 14.2. The number of rotatable bonds is 2. The molecule has 0 aliphatic rings. The fraction of sp³-hybridized carbons (Fsp3) is 0.571. The molecule has 0 bridgehead atoms. The zero-order chi connectivity index (χ0) is 11.6. The molecule has 0 fully saturated rings. The molecule has 0 aromatic rings. The van der Waals surface area contributed by atoms with E-state index in [0.717, 1.165) is 0 Å². The van der Waals surface area contributed by atoms with Crippen LogP contribution in [0.4, 0.5) is 0 Å². The lowest BCUT2D eigenvalue weighted by Gasteiger charge is -2.19. The summed E-state index contributed by atoms with van der Waals surface area (Å²) in [5, 5.41) is 0. The lowest BCUT2D eigenvalue weighted by molar-refractivity contribution is 0.517. The maximum atomic E-state index is 2.22. The molecule has 0 unspecified atom stereocenters. The van der Waals surface area contributed by atoms with E-state index in [0.29, 0.717) is 0 Å². The van der Waals surface area contributed by atoms with Crippen molar-refractivity contribution in [1.82, 2.24) is 0 Å². The van der Waals surface area contributed by atoms with Gasteiger partial charge in [-0.2, -0.15) is 0 Å². The molecule has 0 heteroatoms. The Hall–Kier alpha value is -0.780. The highest BCUT2D eigenvalue weighted by Crippen LogP contribution is 2.26. The van der Waals surface area contributed by atoms with Crippen molar-refractivity contribution < 1.29 is 0 Å². The summed E-state index contributed by atoms with van der Waals surface area (Å²) in [6.45, 7) is 14.8. The molecule has 0 radical (unpaired) electrons. The predicted molar refractivity (Wildman–Crippen MR) is 68.5 cm³/mol. The fourth-order valence-corrected chi connectivity index (χ4v) is 0.935. The van der Waals surface area contributed by atoms with Crippen molar-refractivity contribution in [3.63, 3.8) is 0 Å². The van der Waals surface area contributed by atoms with E-state index in [2.05, 4.69) is 58.1 Å². The minimum atomic E-state index is 0.242. The molecule has 0 nitrogen and oxygen atoms in total. The van der Waals surface area contributed by atoms with Gasteiger partial charge in [0.15, 0.2) is 0 Å². The van der Waals surface area contributed by atoms with E-state index in [4.69, 9.17) is 0 Å². The second-order valence-electron chi connectivity index (χ2n) is 3.90. The fourth-order valence-electron chi connectivity index (χ4n) is 0.935. The molecule has 0 spiro atoms. The summed E-state index contributed by atoms with van der Waals surface area (Å²) in [4.78, 5) is 0. The quantitative estimate of drug-likeness (QED) is 0.534. The summed E-state index contributed by atoms with van der Waals surface area (Å²) in [5.74, 6) is 0. The third-order valence-electron chi connectivity index (χ3n) is 1.68. The maximum absolute atomic E-state index is 2.22. The summed E-state index contributed by atoms with van der Waals surface area (Å²) in [6, 6.07) is 0. The van der Waals surface area contributed by atoms with Gasteiger partial charge in [-0.3, -0.25) is 0 Å². The Morgan fingerprint density at radius 1 is 0.929 bits per heavy atom. The normalized spacial score (nSPS) is 13.2. The van der Waals surface area contributed by atoms with Gasteiger partial charge in [-0.25, -0.2) is 0 Å². The van der Waals surface area contributed by atoms with Crippen LogP contribution in [0, 0.1) is 5.41 Å². The van der Waals surface area contributed by atoms with E-state index in [1.54, 1.807) is 0 Å². The van der Waals surface area contributed by atoms with Gasteiger partial charge in [0.25, 0.3) is 0 Å². The molecular weight excluding hydrogens is 168 g/mol. The molecule has 0 rings (SSSR count). The first-order valence-corrected chi connectivity index (χ1v) is 5.48. The first-order valence-electron chi connectivity index (χ1n) is 5.48. The van der Waals surface area contributed by atoms with Crippen LogP contribution in [-0.4, -0.2) is 0 Å². The van der Waals surface area contributed by atoms with Gasteiger partial charge in [0, 0.05) is 0 Å². The number of allylic oxidation sites excluding steroid dienone is 6. The Labute approximate surface area is 90.4 Å². The van der Waals surface area contributed by atoms with Crippen molar-refractivity contribution in [1.29, 1.82) is 0 Å². The van der Waals surface area contributed by atoms with Gasteiger partial charge in [0.05, 0.1) is 0 Å². The van der Waals surface area contributed by atoms with E-state index in [1.807, 2.05) is 20.8 Å². The highest BCUT2D eigenvalue weighted by molar-refractivity contribution is 5.28. The van der Waals surface area contributed by atoms with Gasteiger partial charge in [0.1, 0.15) is 0 Å². The first kappa shape index (κ1) is 15.7. The third kappa shape index (κ3) is 7.85. The molecule has 0 aromatic heterocycles. The van der Waals surface area contributed by atoms with Crippen molar-refractivity contribution >= 4 is 0 Å². The van der Waals surface area contributed by atoms with Crippen LogP contribution in [-0.2, 0) is 0 Å². The van der Waals surface area contributed by atoms with Crippen LogP contribution >= 0.6 is 0 Å². The third-order valence-corrected chi connectivity index (χ3v) is 1.68. The summed E-state index contributed by atoms with van der Waals surface area (Å²) >= 11 is 0. The van der Waals surface area contributed by atoms with Gasteiger partial charge < -0.3 is 0 Å². The topological polar surface area (TPSA) is 0 Å². The second kappa shape index (κ2) is 8.80. The van der Waals surface area contributed by atoms with Crippen LogP contribution in [0.2, 0.25) is 0 Å². The monoisotopic (exact) mass is 194 g/mol. The van der Waals surface area contributed by atoms with E-state index in [-0.39, 0.29) is 5.41 Å². The van der Waals surface area contributed by atoms with Gasteiger partial charge in [-0.05, 0) is 24.8 Å². The van der Waals surface area contributed by atoms with E-state index < -0.39 is 0 Å². The van der Waals surface area contributed by atoms with Crippen LogP contribution < -0.4 is 0 Å². The Kier molecular flexibility index (Phi) is 9.86. The Morgan fingerprint density at radius 3 is 1.71 bits per heavy atom. The van der Waals surface area contributed by atoms with Crippen molar-refractivity contribution in [2.24, 2.45) is 5.41 Å². The molecule has 0 aliphatic heterocycles. The molecule has 0 heterocycles. The Bertz CT molecular complexity index is 197. The number of hydrogen-bond acceptors (Lipinski definition) is 0. The van der Waals surface area contributed by atoms with Crippen LogP contribution in [0.15, 0.2) is 36.0 Å². The van der Waals surface area contributed by atoms with Crippen LogP contribution in [0.25, 0.3) is 0 Å². The average molecular weight is 194 g/mol. The first-order chi connectivity index (χ1) is 6.52. The van der Waals surface area contributed by atoms with Crippen molar-refractivity contribution in [2.45, 2.75) is 48.5 Å². The molecule has 0 atom stereocenters. The average Bonchev–Trinajstić information content (AvgIpc) is 2.14. The van der Waals surface area contributed by atoms with Crippen molar-refractivity contribution in [3.8, 4) is 0 Å². The molecule has 0 N–H and O–H groups in total. The van der Waals surface area contributed by atoms with Gasteiger partial charge in [-0.1, -0.05) is 65.0 Å². The van der Waals surface area contributed by atoms with E-state index >= 15 is 0 Å². The van der Waals surface area contributed by atoms with Crippen molar-refractivity contribution in [2.75, 3.05) is 0 Å². The molecule has 14 heavy (non-hydrogen) atoms. The van der Waals surface area contributed by atoms with Gasteiger partial charge >= 0.3 is 0 Å². The number of hydrogen-bond donors (Lipinski definition) is 0. The maximum Gasteiger partial charge on any atom is -0.0132 e. The molecule has 0 aromatic carbocycles. The molecule has 0 saturated carbocycles. The summed E-state index contributed by atoms with van der Waals surface area (Å²) in [6.07, 6.45) is 10.6. The highest BCUT2D eigenvalue weighted by Gasteiger charge is 2.12. The minimum Gasteiger partial charge on any atom is -0.0877 e. The van der Waals surface area contributed by atoms with E-state index in [9.17, 15) is 0 Å². The summed E-state index contributed by atoms with van der Waals surface area (Å²) < 4.78 is 0. The van der Waals surface area contributed by atoms with Gasteiger partial charge in [-0.15, -0.1) is 0 Å². The predicted octanol–water partition coefficient (Wildman–Crippen LogP) is 5.14. The second-order valence-corrected chi connectivity index (χ2v) is 3.90. The largest absolute Gasteiger partial charge is 0.0877 e. The Balaban J connectivity index is 0. The zero-order valence-electron chi connectivity index (χ0n) is 10.9. The van der Waals surface area contributed by atoms with Crippen LogP contribution in [0.3, 0.4) is 0 Å². The standard InChI is InChI=1S/C12H20.C2H6/c1-6-8-10-11(9-7-2)12(3,4)5;1-2/h6-10H,1-5H3;1-2H3/b8-6-,9-7-,11-10+;. The lowest BCUT2D eigenvalue weighted by atomic mass is 9.86.